The van der Waals surface area contributed by atoms with E-state index in [0.29, 0.717) is 11.3 Å². The third-order valence-corrected chi connectivity index (χ3v) is 3.04. The summed E-state index contributed by atoms with van der Waals surface area (Å²) in [5.41, 5.74) is 3.96. The fraction of sp³-hybridized carbons (Fsp3) is 0. The summed E-state index contributed by atoms with van der Waals surface area (Å²) in [6.45, 7) is 0. The first-order chi connectivity index (χ1) is 9.81. The number of para-hydroxylation sites is 2. The molecule has 6 heteroatoms. The number of hydrogen-bond acceptors (Lipinski definition) is 4. The molecule has 98 valence electrons. The van der Waals surface area contributed by atoms with E-state index in [1.54, 1.807) is 16.8 Å². The molecule has 1 aromatic heterocycles. The van der Waals surface area contributed by atoms with Crippen molar-refractivity contribution in [3.63, 3.8) is 0 Å². The van der Waals surface area contributed by atoms with Gasteiger partial charge >= 0.3 is 0 Å². The SMILES string of the molecule is O=C(NC=S)c1ccccc1-n1nnc2ccccc21. The minimum absolute atomic E-state index is 0.268. The summed E-state index contributed by atoms with van der Waals surface area (Å²) in [4.78, 5) is 12.0. The summed E-state index contributed by atoms with van der Waals surface area (Å²) in [6.07, 6.45) is 0. The van der Waals surface area contributed by atoms with Crippen molar-refractivity contribution in [3.05, 3.63) is 54.1 Å². The predicted molar refractivity (Wildman–Crippen MR) is 80.0 cm³/mol. The van der Waals surface area contributed by atoms with E-state index in [9.17, 15) is 4.79 Å². The Kier molecular flexibility index (Phi) is 3.22. The van der Waals surface area contributed by atoms with Gasteiger partial charge < -0.3 is 5.32 Å². The molecule has 0 fully saturated rings. The van der Waals surface area contributed by atoms with Crippen LogP contribution in [0.2, 0.25) is 0 Å². The van der Waals surface area contributed by atoms with E-state index >= 15 is 0 Å². The zero-order valence-corrected chi connectivity index (χ0v) is 11.2. The van der Waals surface area contributed by atoms with Gasteiger partial charge in [0.25, 0.3) is 5.91 Å². The summed E-state index contributed by atoms with van der Waals surface area (Å²) in [5, 5.41) is 10.7. The maximum absolute atomic E-state index is 12.0. The van der Waals surface area contributed by atoms with Crippen molar-refractivity contribution in [2.45, 2.75) is 0 Å². The van der Waals surface area contributed by atoms with Gasteiger partial charge in [-0.05, 0) is 24.3 Å². The smallest absolute Gasteiger partial charge is 0.258 e. The molecule has 0 unspecified atom stereocenters. The van der Waals surface area contributed by atoms with Crippen molar-refractivity contribution in [1.82, 2.24) is 20.3 Å². The summed E-state index contributed by atoms with van der Waals surface area (Å²) >= 11 is 4.66. The molecule has 1 amide bonds. The molecule has 5 nitrogen and oxygen atoms in total. The van der Waals surface area contributed by atoms with Crippen LogP contribution in [0.3, 0.4) is 0 Å². The molecule has 0 aliphatic carbocycles. The van der Waals surface area contributed by atoms with E-state index in [0.717, 1.165) is 11.0 Å². The fourth-order valence-corrected chi connectivity index (χ4v) is 2.14. The predicted octanol–water partition coefficient (Wildman–Crippen LogP) is 2.11. The maximum Gasteiger partial charge on any atom is 0.258 e. The van der Waals surface area contributed by atoms with Gasteiger partial charge in [0.1, 0.15) is 5.52 Å². The van der Waals surface area contributed by atoms with Gasteiger partial charge in [0, 0.05) is 0 Å². The third-order valence-electron chi connectivity index (χ3n) is 2.92. The molecule has 0 aliphatic heterocycles. The number of rotatable bonds is 3. The first-order valence-electron chi connectivity index (χ1n) is 5.95. The molecule has 0 atom stereocenters. The summed E-state index contributed by atoms with van der Waals surface area (Å²) in [7, 11) is 0. The van der Waals surface area contributed by atoms with E-state index < -0.39 is 0 Å². The van der Waals surface area contributed by atoms with Crippen molar-refractivity contribution >= 4 is 34.6 Å². The second-order valence-corrected chi connectivity index (χ2v) is 4.33. The van der Waals surface area contributed by atoms with Crippen LogP contribution >= 0.6 is 12.2 Å². The van der Waals surface area contributed by atoms with Crippen molar-refractivity contribution in [2.24, 2.45) is 0 Å². The number of nitrogens with zero attached hydrogens (tertiary/aromatic N) is 3. The summed E-state index contributed by atoms with van der Waals surface area (Å²) < 4.78 is 1.65. The van der Waals surface area contributed by atoms with E-state index in [1.807, 2.05) is 36.4 Å². The molecule has 0 saturated carbocycles. The molecule has 0 saturated heterocycles. The van der Waals surface area contributed by atoms with Crippen LogP contribution in [0.5, 0.6) is 0 Å². The topological polar surface area (TPSA) is 59.8 Å². The van der Waals surface area contributed by atoms with Crippen LogP contribution in [0, 0.1) is 0 Å². The molecule has 0 spiro atoms. The molecule has 0 bridgehead atoms. The first kappa shape index (κ1) is 12.4. The number of carbonyl (C=O) groups is 1. The van der Waals surface area contributed by atoms with Crippen LogP contribution in [-0.4, -0.2) is 26.4 Å². The van der Waals surface area contributed by atoms with Crippen LogP contribution in [0.4, 0.5) is 0 Å². The molecule has 1 N–H and O–H groups in total. The van der Waals surface area contributed by atoms with Gasteiger partial charge in [0.05, 0.1) is 22.3 Å². The lowest BCUT2D eigenvalue weighted by Crippen LogP contribution is -2.22. The van der Waals surface area contributed by atoms with Crippen LogP contribution < -0.4 is 5.32 Å². The highest BCUT2D eigenvalue weighted by atomic mass is 32.1. The van der Waals surface area contributed by atoms with Crippen molar-refractivity contribution < 1.29 is 4.79 Å². The monoisotopic (exact) mass is 282 g/mol. The maximum atomic E-state index is 12.0. The quantitative estimate of drug-likeness (QED) is 0.747. The zero-order valence-electron chi connectivity index (χ0n) is 10.4. The normalized spacial score (nSPS) is 10.4. The van der Waals surface area contributed by atoms with Crippen molar-refractivity contribution in [2.75, 3.05) is 0 Å². The number of aromatic nitrogens is 3. The Balaban J connectivity index is 2.19. The first-order valence-corrected chi connectivity index (χ1v) is 6.43. The second-order valence-electron chi connectivity index (χ2n) is 4.10. The lowest BCUT2D eigenvalue weighted by atomic mass is 10.1. The number of hydrogen-bond donors (Lipinski definition) is 1. The molecule has 3 aromatic rings. The molecule has 0 aliphatic rings. The van der Waals surface area contributed by atoms with Gasteiger partial charge in [-0.25, -0.2) is 4.68 Å². The zero-order chi connectivity index (χ0) is 13.9. The van der Waals surface area contributed by atoms with E-state index in [2.05, 4.69) is 27.8 Å². The van der Waals surface area contributed by atoms with Crippen molar-refractivity contribution in [3.8, 4) is 5.69 Å². The standard InChI is InChI=1S/C14H10N4OS/c19-14(15-9-20)10-5-1-3-7-12(10)18-13-8-4-2-6-11(13)16-17-18/h1-9H,(H,15,19,20). The number of benzene rings is 2. The number of fused-ring (bicyclic) bond motifs is 1. The molecule has 0 radical (unpaired) electrons. The average molecular weight is 282 g/mol. The number of carbonyl (C=O) groups excluding carboxylic acids is 1. The molecular weight excluding hydrogens is 272 g/mol. The highest BCUT2D eigenvalue weighted by molar-refractivity contribution is 7.78. The Morgan fingerprint density at radius 3 is 2.75 bits per heavy atom. The Morgan fingerprint density at radius 2 is 1.90 bits per heavy atom. The minimum atomic E-state index is -0.268. The summed E-state index contributed by atoms with van der Waals surface area (Å²) in [5.74, 6) is -0.268. The number of amides is 1. The number of nitrogens with one attached hydrogen (secondary N) is 1. The minimum Gasteiger partial charge on any atom is -0.319 e. The van der Waals surface area contributed by atoms with Gasteiger partial charge in [-0.3, -0.25) is 4.79 Å². The molecule has 20 heavy (non-hydrogen) atoms. The Morgan fingerprint density at radius 1 is 1.15 bits per heavy atom. The molecule has 2 aromatic carbocycles. The number of thiocarbonyl (C=S) groups is 1. The Hall–Kier alpha value is -2.60. The van der Waals surface area contributed by atoms with E-state index in [4.69, 9.17) is 0 Å². The fourth-order valence-electron chi connectivity index (χ4n) is 2.03. The average Bonchev–Trinajstić information content (AvgIpc) is 2.91. The molecule has 1 heterocycles. The Bertz CT molecular complexity index is 796. The summed E-state index contributed by atoms with van der Waals surface area (Å²) in [6, 6.07) is 14.8. The van der Waals surface area contributed by atoms with Gasteiger partial charge in [-0.15, -0.1) is 5.10 Å². The van der Waals surface area contributed by atoms with Crippen molar-refractivity contribution in [1.29, 1.82) is 0 Å². The van der Waals surface area contributed by atoms with Gasteiger partial charge in [0.15, 0.2) is 0 Å². The molecular formula is C14H10N4OS. The highest BCUT2D eigenvalue weighted by Gasteiger charge is 2.14. The lowest BCUT2D eigenvalue weighted by Gasteiger charge is -2.08. The van der Waals surface area contributed by atoms with Crippen LogP contribution in [0.15, 0.2) is 48.5 Å². The van der Waals surface area contributed by atoms with E-state index in [1.165, 1.54) is 5.49 Å². The highest BCUT2D eigenvalue weighted by Crippen LogP contribution is 2.19. The van der Waals surface area contributed by atoms with Crippen LogP contribution in [0.25, 0.3) is 16.7 Å². The van der Waals surface area contributed by atoms with Gasteiger partial charge in [-0.1, -0.05) is 41.7 Å². The van der Waals surface area contributed by atoms with Gasteiger partial charge in [-0.2, -0.15) is 0 Å². The van der Waals surface area contributed by atoms with Crippen LogP contribution in [-0.2, 0) is 0 Å². The van der Waals surface area contributed by atoms with E-state index in [-0.39, 0.29) is 5.91 Å². The van der Waals surface area contributed by atoms with Crippen LogP contribution in [0.1, 0.15) is 10.4 Å². The second kappa shape index (κ2) is 5.18. The van der Waals surface area contributed by atoms with Gasteiger partial charge in [0.2, 0.25) is 0 Å². The lowest BCUT2D eigenvalue weighted by molar-refractivity contribution is 0.0979. The Labute approximate surface area is 120 Å². The third kappa shape index (κ3) is 2.06. The molecule has 3 rings (SSSR count). The largest absolute Gasteiger partial charge is 0.319 e.